The van der Waals surface area contributed by atoms with E-state index in [0.29, 0.717) is 0 Å². The predicted molar refractivity (Wildman–Crippen MR) is 72.0 cm³/mol. The molecule has 2 heterocycles. The van der Waals surface area contributed by atoms with E-state index in [1.807, 2.05) is 12.1 Å². The largest absolute Gasteiger partial charge is 0.399 e. The van der Waals surface area contributed by atoms with Gasteiger partial charge in [0.1, 0.15) is 0 Å². The molecule has 1 aromatic carbocycles. The summed E-state index contributed by atoms with van der Waals surface area (Å²) in [6.07, 6.45) is 3.78. The lowest BCUT2D eigenvalue weighted by molar-refractivity contribution is 0.374. The van der Waals surface area contributed by atoms with E-state index in [1.54, 1.807) is 0 Å². The maximum absolute atomic E-state index is 5.79. The molecule has 1 aromatic heterocycles. The Labute approximate surface area is 101 Å². The van der Waals surface area contributed by atoms with Crippen molar-refractivity contribution >= 4 is 16.6 Å². The first-order valence-corrected chi connectivity index (χ1v) is 6.39. The first-order valence-electron chi connectivity index (χ1n) is 6.39. The zero-order chi connectivity index (χ0) is 11.7. The van der Waals surface area contributed by atoms with E-state index in [1.165, 1.54) is 36.0 Å². The second-order valence-electron chi connectivity index (χ2n) is 5.06. The summed E-state index contributed by atoms with van der Waals surface area (Å²) in [4.78, 5) is 3.49. The summed E-state index contributed by atoms with van der Waals surface area (Å²) in [5, 5.41) is 4.69. The number of anilines is 1. The first kappa shape index (κ1) is 10.7. The molecule has 0 radical (unpaired) electrons. The SMILES string of the molecule is Nc1ccc2[nH]c(CC3CCCNC3)cc2c1. The van der Waals surface area contributed by atoms with Crippen LogP contribution in [0.15, 0.2) is 24.3 Å². The fraction of sp³-hybridized carbons (Fsp3) is 0.429. The van der Waals surface area contributed by atoms with Crippen LogP contribution < -0.4 is 11.1 Å². The second-order valence-corrected chi connectivity index (χ2v) is 5.06. The molecule has 1 atom stereocenters. The summed E-state index contributed by atoms with van der Waals surface area (Å²) in [5.74, 6) is 0.772. The van der Waals surface area contributed by atoms with Gasteiger partial charge < -0.3 is 16.0 Å². The van der Waals surface area contributed by atoms with Crippen molar-refractivity contribution < 1.29 is 0 Å². The Balaban J connectivity index is 1.80. The average Bonchev–Trinajstić information content (AvgIpc) is 2.71. The Bertz CT molecular complexity index is 509. The molecule has 17 heavy (non-hydrogen) atoms. The van der Waals surface area contributed by atoms with Crippen LogP contribution >= 0.6 is 0 Å². The molecular formula is C14H19N3. The van der Waals surface area contributed by atoms with E-state index in [0.717, 1.165) is 24.6 Å². The normalized spacial score (nSPS) is 20.8. The third kappa shape index (κ3) is 2.29. The molecule has 2 aromatic rings. The monoisotopic (exact) mass is 229 g/mol. The van der Waals surface area contributed by atoms with Crippen molar-refractivity contribution in [3.8, 4) is 0 Å². The van der Waals surface area contributed by atoms with Gasteiger partial charge in [-0.05, 0) is 62.5 Å². The van der Waals surface area contributed by atoms with Gasteiger partial charge in [0.15, 0.2) is 0 Å². The van der Waals surface area contributed by atoms with Crippen LogP contribution in [0.2, 0.25) is 0 Å². The Hall–Kier alpha value is -1.48. The summed E-state index contributed by atoms with van der Waals surface area (Å²) in [5.41, 5.74) is 9.15. The number of rotatable bonds is 2. The van der Waals surface area contributed by atoms with Gasteiger partial charge in [-0.3, -0.25) is 0 Å². The zero-order valence-corrected chi connectivity index (χ0v) is 10.00. The van der Waals surface area contributed by atoms with E-state index >= 15 is 0 Å². The van der Waals surface area contributed by atoms with Gasteiger partial charge in [0, 0.05) is 22.3 Å². The van der Waals surface area contributed by atoms with Crippen molar-refractivity contribution in [1.82, 2.24) is 10.3 Å². The van der Waals surface area contributed by atoms with Gasteiger partial charge in [0.25, 0.3) is 0 Å². The van der Waals surface area contributed by atoms with Crippen molar-refractivity contribution in [3.05, 3.63) is 30.0 Å². The molecular weight excluding hydrogens is 210 g/mol. The highest BCUT2D eigenvalue weighted by Crippen LogP contribution is 2.22. The van der Waals surface area contributed by atoms with Crippen molar-refractivity contribution in [3.63, 3.8) is 0 Å². The number of fused-ring (bicyclic) bond motifs is 1. The maximum Gasteiger partial charge on any atom is 0.0457 e. The number of piperidine rings is 1. The summed E-state index contributed by atoms with van der Waals surface area (Å²) < 4.78 is 0. The number of nitrogen functional groups attached to an aromatic ring is 1. The molecule has 0 saturated carbocycles. The zero-order valence-electron chi connectivity index (χ0n) is 10.00. The van der Waals surface area contributed by atoms with Crippen LogP contribution in [0, 0.1) is 5.92 Å². The Morgan fingerprint density at radius 2 is 2.24 bits per heavy atom. The molecule has 3 heteroatoms. The minimum atomic E-state index is 0.772. The molecule has 1 aliphatic heterocycles. The highest BCUT2D eigenvalue weighted by atomic mass is 14.9. The molecule has 0 bridgehead atoms. The van der Waals surface area contributed by atoms with Crippen LogP contribution in [0.5, 0.6) is 0 Å². The standard InChI is InChI=1S/C14H19N3/c15-12-3-4-14-11(7-12)8-13(17-14)6-10-2-1-5-16-9-10/h3-4,7-8,10,16-17H,1-2,5-6,9,15H2. The number of nitrogens with two attached hydrogens (primary N) is 1. The first-order chi connectivity index (χ1) is 8.31. The highest BCUT2D eigenvalue weighted by molar-refractivity contribution is 5.83. The van der Waals surface area contributed by atoms with E-state index in [4.69, 9.17) is 5.73 Å². The summed E-state index contributed by atoms with van der Waals surface area (Å²) in [6, 6.07) is 8.28. The van der Waals surface area contributed by atoms with Crippen molar-refractivity contribution in [2.75, 3.05) is 18.8 Å². The number of H-pyrrole nitrogens is 1. The molecule has 0 amide bonds. The van der Waals surface area contributed by atoms with Gasteiger partial charge in [-0.1, -0.05) is 0 Å². The van der Waals surface area contributed by atoms with Gasteiger partial charge in [-0.15, -0.1) is 0 Å². The summed E-state index contributed by atoms with van der Waals surface area (Å²) in [6.45, 7) is 2.33. The number of hydrogen-bond donors (Lipinski definition) is 3. The number of aromatic amines is 1. The van der Waals surface area contributed by atoms with Gasteiger partial charge in [-0.25, -0.2) is 0 Å². The van der Waals surface area contributed by atoms with Crippen molar-refractivity contribution in [2.24, 2.45) is 5.92 Å². The molecule has 0 spiro atoms. The van der Waals surface area contributed by atoms with Crippen LogP contribution in [0.25, 0.3) is 10.9 Å². The third-order valence-corrected chi connectivity index (χ3v) is 3.61. The lowest BCUT2D eigenvalue weighted by Crippen LogP contribution is -2.30. The van der Waals surface area contributed by atoms with Gasteiger partial charge in [0.2, 0.25) is 0 Å². The lowest BCUT2D eigenvalue weighted by Gasteiger charge is -2.21. The summed E-state index contributed by atoms with van der Waals surface area (Å²) in [7, 11) is 0. The van der Waals surface area contributed by atoms with E-state index in [2.05, 4.69) is 22.4 Å². The Morgan fingerprint density at radius 3 is 3.06 bits per heavy atom. The molecule has 4 N–H and O–H groups in total. The molecule has 1 fully saturated rings. The summed E-state index contributed by atoms with van der Waals surface area (Å²) >= 11 is 0. The number of aromatic nitrogens is 1. The molecule has 1 saturated heterocycles. The molecule has 90 valence electrons. The molecule has 1 aliphatic rings. The van der Waals surface area contributed by atoms with Crippen LogP contribution in [0.4, 0.5) is 5.69 Å². The van der Waals surface area contributed by atoms with Gasteiger partial charge in [0.05, 0.1) is 0 Å². The van der Waals surface area contributed by atoms with Crippen molar-refractivity contribution in [2.45, 2.75) is 19.3 Å². The van der Waals surface area contributed by atoms with Crippen LogP contribution in [0.3, 0.4) is 0 Å². The molecule has 3 rings (SSSR count). The second kappa shape index (κ2) is 4.41. The molecule has 0 aliphatic carbocycles. The lowest BCUT2D eigenvalue weighted by atomic mass is 9.95. The van der Waals surface area contributed by atoms with Crippen LogP contribution in [-0.4, -0.2) is 18.1 Å². The predicted octanol–water partition coefficient (Wildman–Crippen LogP) is 2.29. The van der Waals surface area contributed by atoms with Gasteiger partial charge >= 0.3 is 0 Å². The minimum Gasteiger partial charge on any atom is -0.399 e. The van der Waals surface area contributed by atoms with E-state index in [9.17, 15) is 0 Å². The number of nitrogens with one attached hydrogen (secondary N) is 2. The van der Waals surface area contributed by atoms with Gasteiger partial charge in [-0.2, -0.15) is 0 Å². The fourth-order valence-corrected chi connectivity index (χ4v) is 2.73. The minimum absolute atomic E-state index is 0.772. The number of benzene rings is 1. The Kier molecular flexibility index (Phi) is 2.77. The smallest absolute Gasteiger partial charge is 0.0457 e. The fourth-order valence-electron chi connectivity index (χ4n) is 2.73. The number of hydrogen-bond acceptors (Lipinski definition) is 2. The Morgan fingerprint density at radius 1 is 1.29 bits per heavy atom. The quantitative estimate of drug-likeness (QED) is 0.692. The van der Waals surface area contributed by atoms with Crippen LogP contribution in [-0.2, 0) is 6.42 Å². The highest BCUT2D eigenvalue weighted by Gasteiger charge is 2.14. The topological polar surface area (TPSA) is 53.8 Å². The van der Waals surface area contributed by atoms with Crippen molar-refractivity contribution in [1.29, 1.82) is 0 Å². The maximum atomic E-state index is 5.79. The molecule has 1 unspecified atom stereocenters. The van der Waals surface area contributed by atoms with Crippen LogP contribution in [0.1, 0.15) is 18.5 Å². The average molecular weight is 229 g/mol. The van der Waals surface area contributed by atoms with E-state index in [-0.39, 0.29) is 0 Å². The third-order valence-electron chi connectivity index (χ3n) is 3.61. The van der Waals surface area contributed by atoms with E-state index < -0.39 is 0 Å². The molecule has 3 nitrogen and oxygen atoms in total.